The van der Waals surface area contributed by atoms with Gasteiger partial charge in [-0.1, -0.05) is 0 Å². The molecule has 0 saturated carbocycles. The fourth-order valence-electron chi connectivity index (χ4n) is 1.75. The van der Waals surface area contributed by atoms with E-state index in [1.54, 1.807) is 4.68 Å². The average molecular weight is 288 g/mol. The van der Waals surface area contributed by atoms with Crippen LogP contribution in [0.2, 0.25) is 0 Å². The first-order chi connectivity index (χ1) is 8.72. The van der Waals surface area contributed by atoms with Gasteiger partial charge in [-0.2, -0.15) is 10.2 Å². The second-order valence-electron chi connectivity index (χ2n) is 4.13. The molecule has 0 aliphatic heterocycles. The maximum absolute atomic E-state index is 12.2. The molecule has 0 atom stereocenters. The Morgan fingerprint density at radius 2 is 2.11 bits per heavy atom. The van der Waals surface area contributed by atoms with E-state index in [1.807, 2.05) is 37.0 Å². The van der Waals surface area contributed by atoms with Crippen LogP contribution >= 0.6 is 12.4 Å². The average Bonchev–Trinajstić information content (AvgIpc) is 2.94. The number of nitrogens with zero attached hydrogens (tertiary/aromatic N) is 4. The molecule has 0 bridgehead atoms. The maximum atomic E-state index is 12.2. The largest absolute Gasteiger partial charge is 0.363 e. The number of aromatic nitrogens is 4. The summed E-state index contributed by atoms with van der Waals surface area (Å²) in [6.07, 6.45) is 3.79. The van der Waals surface area contributed by atoms with E-state index < -0.39 is 6.67 Å². The molecule has 106 valence electrons. The lowest BCUT2D eigenvalue weighted by atomic mass is 10.3. The first kappa shape index (κ1) is 15.5. The number of alkyl halides is 1. The van der Waals surface area contributed by atoms with Crippen molar-refractivity contribution in [3.8, 4) is 0 Å². The van der Waals surface area contributed by atoms with Crippen LogP contribution in [0, 0.1) is 6.92 Å². The van der Waals surface area contributed by atoms with Gasteiger partial charge in [-0.3, -0.25) is 9.36 Å². The van der Waals surface area contributed by atoms with Crippen LogP contribution in [0.3, 0.4) is 0 Å². The van der Waals surface area contributed by atoms with Gasteiger partial charge in [-0.05, 0) is 19.9 Å². The summed E-state index contributed by atoms with van der Waals surface area (Å²) in [6, 6.07) is 1.98. The lowest BCUT2D eigenvalue weighted by Crippen LogP contribution is -2.05. The Morgan fingerprint density at radius 1 is 1.32 bits per heavy atom. The fraction of sp³-hybridized carbons (Fsp3) is 0.500. The fourth-order valence-corrected chi connectivity index (χ4v) is 1.75. The SMILES string of the molecule is CCn1ccc(CNc2nn(CCF)cc2C)n1.Cl. The molecule has 0 radical (unpaired) electrons. The predicted octanol–water partition coefficient (Wildman–Crippen LogP) is 2.41. The molecule has 0 aromatic carbocycles. The van der Waals surface area contributed by atoms with Gasteiger partial charge in [0.05, 0.1) is 18.8 Å². The highest BCUT2D eigenvalue weighted by Crippen LogP contribution is 2.12. The molecule has 0 aliphatic carbocycles. The lowest BCUT2D eigenvalue weighted by molar-refractivity contribution is 0.427. The molecule has 1 N–H and O–H groups in total. The first-order valence-electron chi connectivity index (χ1n) is 6.09. The minimum absolute atomic E-state index is 0. The van der Waals surface area contributed by atoms with Crippen LogP contribution in [0.25, 0.3) is 0 Å². The molecule has 2 aromatic heterocycles. The van der Waals surface area contributed by atoms with Gasteiger partial charge < -0.3 is 5.32 Å². The molecular formula is C12H19ClFN5. The van der Waals surface area contributed by atoms with Crippen molar-refractivity contribution in [2.24, 2.45) is 0 Å². The van der Waals surface area contributed by atoms with Crippen molar-refractivity contribution >= 4 is 18.2 Å². The van der Waals surface area contributed by atoms with Crippen LogP contribution < -0.4 is 5.32 Å². The van der Waals surface area contributed by atoms with Crippen molar-refractivity contribution in [3.05, 3.63) is 29.7 Å². The van der Waals surface area contributed by atoms with Crippen molar-refractivity contribution < 1.29 is 4.39 Å². The molecule has 0 unspecified atom stereocenters. The van der Waals surface area contributed by atoms with Gasteiger partial charge >= 0.3 is 0 Å². The van der Waals surface area contributed by atoms with E-state index in [2.05, 4.69) is 15.5 Å². The van der Waals surface area contributed by atoms with Crippen molar-refractivity contribution in [1.82, 2.24) is 19.6 Å². The second-order valence-corrected chi connectivity index (χ2v) is 4.13. The van der Waals surface area contributed by atoms with Gasteiger partial charge in [0.25, 0.3) is 0 Å². The zero-order valence-electron chi connectivity index (χ0n) is 11.1. The van der Waals surface area contributed by atoms with E-state index in [4.69, 9.17) is 0 Å². The third-order valence-corrected chi connectivity index (χ3v) is 2.72. The highest BCUT2D eigenvalue weighted by molar-refractivity contribution is 5.85. The van der Waals surface area contributed by atoms with Crippen LogP contribution in [0.5, 0.6) is 0 Å². The molecule has 2 heterocycles. The minimum Gasteiger partial charge on any atom is -0.363 e. The van der Waals surface area contributed by atoms with Gasteiger partial charge in [-0.15, -0.1) is 12.4 Å². The first-order valence-corrected chi connectivity index (χ1v) is 6.09. The molecule has 2 rings (SSSR count). The standard InChI is InChI=1S/C12H18FN5.ClH/c1-3-17-6-4-11(15-17)8-14-12-10(2)9-18(16-12)7-5-13;/h4,6,9H,3,5,7-8H2,1-2H3,(H,14,16);1H. The van der Waals surface area contributed by atoms with Crippen molar-refractivity contribution in [2.75, 3.05) is 12.0 Å². The third-order valence-electron chi connectivity index (χ3n) is 2.72. The van der Waals surface area contributed by atoms with Gasteiger partial charge in [0.15, 0.2) is 5.82 Å². The van der Waals surface area contributed by atoms with Gasteiger partial charge in [0.1, 0.15) is 6.67 Å². The predicted molar refractivity (Wildman–Crippen MR) is 75.4 cm³/mol. The number of anilines is 1. The summed E-state index contributed by atoms with van der Waals surface area (Å²) < 4.78 is 15.7. The highest BCUT2D eigenvalue weighted by atomic mass is 35.5. The smallest absolute Gasteiger partial charge is 0.151 e. The van der Waals surface area contributed by atoms with E-state index in [-0.39, 0.29) is 12.4 Å². The van der Waals surface area contributed by atoms with E-state index in [0.717, 1.165) is 23.6 Å². The van der Waals surface area contributed by atoms with E-state index in [0.29, 0.717) is 13.1 Å². The number of halogens is 2. The van der Waals surface area contributed by atoms with Gasteiger partial charge in [0.2, 0.25) is 0 Å². The van der Waals surface area contributed by atoms with Gasteiger partial charge in [0, 0.05) is 24.5 Å². The number of aryl methyl sites for hydroxylation is 3. The summed E-state index contributed by atoms with van der Waals surface area (Å²) in [6.45, 7) is 5.39. The van der Waals surface area contributed by atoms with Crippen LogP contribution in [0.15, 0.2) is 18.5 Å². The van der Waals surface area contributed by atoms with E-state index in [9.17, 15) is 4.39 Å². The second kappa shape index (κ2) is 7.13. The Kier molecular flexibility index (Phi) is 5.82. The topological polar surface area (TPSA) is 47.7 Å². The van der Waals surface area contributed by atoms with Crippen LogP contribution in [-0.2, 0) is 19.6 Å². The third kappa shape index (κ3) is 3.96. The number of hydrogen-bond acceptors (Lipinski definition) is 3. The van der Waals surface area contributed by atoms with Crippen LogP contribution in [0.4, 0.5) is 10.2 Å². The van der Waals surface area contributed by atoms with Crippen molar-refractivity contribution in [1.29, 1.82) is 0 Å². The quantitative estimate of drug-likeness (QED) is 0.887. The highest BCUT2D eigenvalue weighted by Gasteiger charge is 2.05. The Hall–Kier alpha value is -1.56. The Balaban J connectivity index is 0.00000180. The molecule has 0 saturated heterocycles. The minimum atomic E-state index is -0.401. The molecule has 0 spiro atoms. The summed E-state index contributed by atoms with van der Waals surface area (Å²) in [4.78, 5) is 0. The molecule has 5 nitrogen and oxygen atoms in total. The summed E-state index contributed by atoms with van der Waals surface area (Å²) in [7, 11) is 0. The summed E-state index contributed by atoms with van der Waals surface area (Å²) in [5, 5.41) is 11.9. The normalized spacial score (nSPS) is 10.3. The Bertz CT molecular complexity index is 508. The molecule has 0 fully saturated rings. The van der Waals surface area contributed by atoms with E-state index in [1.165, 1.54) is 0 Å². The number of nitrogens with one attached hydrogen (secondary N) is 1. The molecule has 7 heteroatoms. The molecule has 0 amide bonds. The summed E-state index contributed by atoms with van der Waals surface area (Å²) >= 11 is 0. The zero-order chi connectivity index (χ0) is 13.0. The monoisotopic (exact) mass is 287 g/mol. The van der Waals surface area contributed by atoms with Crippen LogP contribution in [0.1, 0.15) is 18.2 Å². The maximum Gasteiger partial charge on any atom is 0.151 e. The summed E-state index contributed by atoms with van der Waals surface area (Å²) in [5.74, 6) is 0.787. The Labute approximate surface area is 118 Å². The number of rotatable bonds is 6. The molecule has 19 heavy (non-hydrogen) atoms. The van der Waals surface area contributed by atoms with E-state index >= 15 is 0 Å². The van der Waals surface area contributed by atoms with Crippen LogP contribution in [-0.4, -0.2) is 26.2 Å². The Morgan fingerprint density at radius 3 is 2.74 bits per heavy atom. The molecule has 0 aliphatic rings. The van der Waals surface area contributed by atoms with Crippen molar-refractivity contribution in [3.63, 3.8) is 0 Å². The van der Waals surface area contributed by atoms with Crippen molar-refractivity contribution in [2.45, 2.75) is 33.5 Å². The number of hydrogen-bond donors (Lipinski definition) is 1. The molecular weight excluding hydrogens is 269 g/mol. The lowest BCUT2D eigenvalue weighted by Gasteiger charge is -2.01. The molecule has 2 aromatic rings. The van der Waals surface area contributed by atoms with Gasteiger partial charge in [-0.25, -0.2) is 4.39 Å². The zero-order valence-corrected chi connectivity index (χ0v) is 12.0. The summed E-state index contributed by atoms with van der Waals surface area (Å²) in [5.41, 5.74) is 1.98.